The molecule has 0 aliphatic carbocycles. The van der Waals surface area contributed by atoms with Gasteiger partial charge in [0.1, 0.15) is 6.29 Å². The van der Waals surface area contributed by atoms with Crippen LogP contribution >= 0.6 is 0 Å². The van der Waals surface area contributed by atoms with Crippen LogP contribution in [-0.4, -0.2) is 30.9 Å². The van der Waals surface area contributed by atoms with Crippen molar-refractivity contribution in [3.63, 3.8) is 0 Å². The summed E-state index contributed by atoms with van der Waals surface area (Å²) in [7, 11) is 0. The number of carbonyl (C=O) groups excluding carboxylic acids is 2. The minimum absolute atomic E-state index is 0.0829. The fourth-order valence-electron chi connectivity index (χ4n) is 1.21. The Balaban J connectivity index is 3.07. The van der Waals surface area contributed by atoms with Gasteiger partial charge >= 0.3 is 0 Å². The molecule has 0 radical (unpaired) electrons. The van der Waals surface area contributed by atoms with Crippen molar-refractivity contribution in [1.29, 1.82) is 0 Å². The van der Waals surface area contributed by atoms with Gasteiger partial charge in [-0.15, -0.1) is 0 Å². The topological polar surface area (TPSA) is 84.6 Å². The summed E-state index contributed by atoms with van der Waals surface area (Å²) >= 11 is 0. The molecule has 1 heterocycles. The average Bonchev–Trinajstić information content (AvgIpc) is 2.25. The highest BCUT2D eigenvalue weighted by atomic mass is 16.1. The predicted molar refractivity (Wildman–Crippen MR) is 57.4 cm³/mol. The molecular weight excluding hydrogens is 194 g/mol. The molecule has 5 heteroatoms. The molecule has 1 aliphatic rings. The Morgan fingerprint density at radius 2 is 2.47 bits per heavy atom. The van der Waals surface area contributed by atoms with Crippen molar-refractivity contribution < 1.29 is 9.59 Å². The minimum Gasteiger partial charge on any atom is -0.395 e. The van der Waals surface area contributed by atoms with Crippen molar-refractivity contribution in [2.45, 2.75) is 6.92 Å². The average molecular weight is 207 g/mol. The fraction of sp³-hybridized carbons (Fsp3) is 0.300. The molecular formula is C10H13N3O2. The minimum atomic E-state index is -0.199. The van der Waals surface area contributed by atoms with Gasteiger partial charge in [-0.05, 0) is 12.3 Å². The van der Waals surface area contributed by atoms with E-state index in [-0.39, 0.29) is 18.0 Å². The molecule has 0 aromatic heterocycles. The predicted octanol–water partition coefficient (Wildman–Crippen LogP) is -0.455. The number of nitrogens with one attached hydrogen (secondary N) is 1. The van der Waals surface area contributed by atoms with Gasteiger partial charge in [-0.3, -0.25) is 9.79 Å². The van der Waals surface area contributed by atoms with Crippen LogP contribution in [0.25, 0.3) is 0 Å². The van der Waals surface area contributed by atoms with Gasteiger partial charge in [-0.25, -0.2) is 0 Å². The Labute approximate surface area is 87.7 Å². The van der Waals surface area contributed by atoms with Crippen molar-refractivity contribution in [1.82, 2.24) is 5.32 Å². The van der Waals surface area contributed by atoms with Gasteiger partial charge in [0.15, 0.2) is 5.78 Å². The summed E-state index contributed by atoms with van der Waals surface area (Å²) in [5, 5.41) is 2.94. The maximum absolute atomic E-state index is 11.1. The molecule has 0 amide bonds. The molecule has 0 fully saturated rings. The summed E-state index contributed by atoms with van der Waals surface area (Å²) in [6, 6.07) is 0. The smallest absolute Gasteiger partial charge is 0.176 e. The third-order valence-corrected chi connectivity index (χ3v) is 1.97. The molecule has 0 aromatic rings. The molecule has 0 atom stereocenters. The zero-order valence-corrected chi connectivity index (χ0v) is 8.49. The highest BCUT2D eigenvalue weighted by Gasteiger charge is 2.13. The van der Waals surface area contributed by atoms with Gasteiger partial charge in [-0.2, -0.15) is 0 Å². The lowest BCUT2D eigenvalue weighted by Gasteiger charge is -2.14. The molecule has 0 bridgehead atoms. The van der Waals surface area contributed by atoms with Gasteiger partial charge in [-0.1, -0.05) is 0 Å². The summed E-state index contributed by atoms with van der Waals surface area (Å²) in [6.45, 7) is 1.96. The van der Waals surface area contributed by atoms with Crippen molar-refractivity contribution >= 4 is 17.8 Å². The fourth-order valence-corrected chi connectivity index (χ4v) is 1.21. The van der Waals surface area contributed by atoms with E-state index >= 15 is 0 Å². The number of hydrogen-bond acceptors (Lipinski definition) is 5. The number of aliphatic imine (C=N–C) groups is 1. The van der Waals surface area contributed by atoms with Crippen LogP contribution in [-0.2, 0) is 9.59 Å². The van der Waals surface area contributed by atoms with Gasteiger partial charge in [0.25, 0.3) is 0 Å². The lowest BCUT2D eigenvalue weighted by Crippen LogP contribution is -2.27. The van der Waals surface area contributed by atoms with E-state index in [1.165, 1.54) is 6.92 Å². The van der Waals surface area contributed by atoms with Crippen LogP contribution in [0.1, 0.15) is 6.92 Å². The van der Waals surface area contributed by atoms with Crippen LogP contribution in [0.4, 0.5) is 0 Å². The van der Waals surface area contributed by atoms with Crippen LogP contribution in [0.5, 0.6) is 0 Å². The van der Waals surface area contributed by atoms with E-state index in [0.717, 1.165) is 0 Å². The molecule has 5 nitrogen and oxygen atoms in total. The first-order valence-corrected chi connectivity index (χ1v) is 4.54. The van der Waals surface area contributed by atoms with E-state index in [9.17, 15) is 9.59 Å². The molecule has 15 heavy (non-hydrogen) atoms. The monoisotopic (exact) mass is 207 g/mol. The Kier molecular flexibility index (Phi) is 3.79. The van der Waals surface area contributed by atoms with Crippen molar-refractivity contribution in [2.24, 2.45) is 10.7 Å². The molecule has 0 unspecified atom stereocenters. The summed E-state index contributed by atoms with van der Waals surface area (Å²) < 4.78 is 0. The van der Waals surface area contributed by atoms with Crippen LogP contribution in [0.15, 0.2) is 28.5 Å². The number of ketones is 1. The van der Waals surface area contributed by atoms with Crippen molar-refractivity contribution in [2.75, 3.05) is 13.1 Å². The first-order chi connectivity index (χ1) is 7.16. The number of aldehydes is 1. The van der Waals surface area contributed by atoms with Gasteiger partial charge in [0.05, 0.1) is 24.5 Å². The second-order valence-corrected chi connectivity index (χ2v) is 3.05. The molecule has 1 rings (SSSR count). The second kappa shape index (κ2) is 5.09. The maximum Gasteiger partial charge on any atom is 0.176 e. The number of nitrogens with two attached hydrogens (primary N) is 1. The van der Waals surface area contributed by atoms with Crippen LogP contribution in [0, 0.1) is 0 Å². The maximum atomic E-state index is 11.1. The third-order valence-electron chi connectivity index (χ3n) is 1.97. The van der Waals surface area contributed by atoms with Crippen LogP contribution in [0.3, 0.4) is 0 Å². The Morgan fingerprint density at radius 3 is 3.07 bits per heavy atom. The number of Topliss-reactive ketones (excluding diaryl/α,β-unsaturated/α-hetero) is 1. The van der Waals surface area contributed by atoms with E-state index in [4.69, 9.17) is 5.73 Å². The molecule has 3 N–H and O–H groups in total. The van der Waals surface area contributed by atoms with E-state index in [1.807, 2.05) is 0 Å². The number of allylic oxidation sites excluding steroid dienone is 2. The summed E-state index contributed by atoms with van der Waals surface area (Å²) in [6.07, 6.45) is 4.09. The van der Waals surface area contributed by atoms with Crippen molar-refractivity contribution in [3.05, 3.63) is 23.5 Å². The summed E-state index contributed by atoms with van der Waals surface area (Å²) in [5.74, 6) is -0.199. The third kappa shape index (κ3) is 2.77. The standard InChI is InChI=1S/C10H13N3O2/c1-7(15)10(11)8-2-3-12-6-9(8)13-4-5-14/h2-3,5,12H,4,6,11H2,1H3/b10-8-,13-9?. The second-order valence-electron chi connectivity index (χ2n) is 3.05. The first kappa shape index (κ1) is 11.2. The largest absolute Gasteiger partial charge is 0.395 e. The number of rotatable bonds is 3. The zero-order chi connectivity index (χ0) is 11.3. The number of nitrogens with zero attached hydrogens (tertiary/aromatic N) is 1. The molecule has 0 saturated carbocycles. The Bertz CT molecular complexity index is 367. The van der Waals surface area contributed by atoms with Crippen molar-refractivity contribution in [3.8, 4) is 0 Å². The Hall–Kier alpha value is -1.91. The van der Waals surface area contributed by atoms with E-state index in [2.05, 4.69) is 10.3 Å². The van der Waals surface area contributed by atoms with E-state index in [1.54, 1.807) is 12.3 Å². The summed E-state index contributed by atoms with van der Waals surface area (Å²) in [4.78, 5) is 25.3. The molecule has 80 valence electrons. The normalized spacial score (nSPS) is 21.0. The molecule has 0 spiro atoms. The Morgan fingerprint density at radius 1 is 1.73 bits per heavy atom. The van der Waals surface area contributed by atoms with Gasteiger partial charge in [0, 0.05) is 12.5 Å². The quantitative estimate of drug-likeness (QED) is 0.484. The van der Waals surface area contributed by atoms with Crippen LogP contribution < -0.4 is 11.1 Å². The molecule has 1 aliphatic heterocycles. The van der Waals surface area contributed by atoms with E-state index < -0.39 is 0 Å². The highest BCUT2D eigenvalue weighted by molar-refractivity contribution is 6.11. The zero-order valence-electron chi connectivity index (χ0n) is 8.49. The van der Waals surface area contributed by atoms with E-state index in [0.29, 0.717) is 24.1 Å². The van der Waals surface area contributed by atoms with Crippen LogP contribution in [0.2, 0.25) is 0 Å². The lowest BCUT2D eigenvalue weighted by atomic mass is 10.0. The highest BCUT2D eigenvalue weighted by Crippen LogP contribution is 2.08. The molecule has 0 saturated heterocycles. The lowest BCUT2D eigenvalue weighted by molar-refractivity contribution is -0.113. The first-order valence-electron chi connectivity index (χ1n) is 4.54. The number of carbonyl (C=O) groups is 2. The number of hydrogen-bond donors (Lipinski definition) is 2. The van der Waals surface area contributed by atoms with Gasteiger partial charge in [0.2, 0.25) is 0 Å². The van der Waals surface area contributed by atoms with Gasteiger partial charge < -0.3 is 15.8 Å². The SMILES string of the molecule is CC(=O)/C(N)=C1\C=CNCC1=NCC=O. The molecule has 0 aromatic carbocycles. The summed E-state index contributed by atoms with van der Waals surface area (Å²) in [5.41, 5.74) is 7.05.